The summed E-state index contributed by atoms with van der Waals surface area (Å²) in [5.74, 6) is 0. The molecule has 1 heterocycles. The second-order valence-electron chi connectivity index (χ2n) is 3.06. The Hall–Kier alpha value is -0.850. The number of nitrogens with one attached hydrogen (secondary N) is 2. The molecule has 0 saturated carbocycles. The van der Waals surface area contributed by atoms with Gasteiger partial charge < -0.3 is 10.6 Å². The van der Waals surface area contributed by atoms with Gasteiger partial charge in [0.1, 0.15) is 0 Å². The second kappa shape index (κ2) is 3.62. The van der Waals surface area contributed by atoms with Gasteiger partial charge in [0, 0.05) is 22.9 Å². The minimum Gasteiger partial charge on any atom is -0.358 e. The molecule has 1 aromatic rings. The van der Waals surface area contributed by atoms with E-state index in [0.29, 0.717) is 17.3 Å². The number of benzene rings is 1. The molecule has 1 aromatic carbocycles. The number of hydrogen-bond acceptors (Lipinski definition) is 3. The van der Waals surface area contributed by atoms with Crippen molar-refractivity contribution in [3.8, 4) is 0 Å². The van der Waals surface area contributed by atoms with E-state index in [-0.39, 0.29) is 4.90 Å². The fraction of sp³-hybridized carbons (Fsp3) is 0.125. The van der Waals surface area contributed by atoms with Crippen molar-refractivity contribution in [2.24, 2.45) is 0 Å². The molecule has 2 rings (SSSR count). The highest BCUT2D eigenvalue weighted by Crippen LogP contribution is 2.24. The summed E-state index contributed by atoms with van der Waals surface area (Å²) in [5.41, 5.74) is 1.63. The Labute approximate surface area is 97.0 Å². The van der Waals surface area contributed by atoms with E-state index in [2.05, 4.69) is 10.6 Å². The molecule has 80 valence electrons. The van der Waals surface area contributed by atoms with Crippen LogP contribution in [0.5, 0.6) is 0 Å². The van der Waals surface area contributed by atoms with Crippen molar-refractivity contribution in [1.82, 2.24) is 5.32 Å². The molecule has 1 aliphatic rings. The van der Waals surface area contributed by atoms with E-state index in [1.54, 1.807) is 6.07 Å². The highest BCUT2D eigenvalue weighted by atomic mass is 35.7. The normalized spacial score (nSPS) is 15.1. The first-order chi connectivity index (χ1) is 6.97. The lowest BCUT2D eigenvalue weighted by Gasteiger charge is -2.20. The third-order valence-electron chi connectivity index (χ3n) is 2.05. The zero-order valence-electron chi connectivity index (χ0n) is 7.45. The molecule has 15 heavy (non-hydrogen) atoms. The van der Waals surface area contributed by atoms with Crippen molar-refractivity contribution >= 4 is 42.8 Å². The van der Waals surface area contributed by atoms with Gasteiger partial charge in [-0.15, -0.1) is 0 Å². The van der Waals surface area contributed by atoms with Crippen molar-refractivity contribution in [2.45, 2.75) is 11.4 Å². The fourth-order valence-electron chi connectivity index (χ4n) is 1.32. The van der Waals surface area contributed by atoms with Crippen molar-refractivity contribution in [3.05, 3.63) is 23.8 Å². The maximum Gasteiger partial charge on any atom is 0.261 e. The van der Waals surface area contributed by atoms with Gasteiger partial charge in [-0.1, -0.05) is 6.07 Å². The SMILES string of the molecule is O=S(=O)(Cl)c1ccc2c(c1)NC(=S)NC2. The first kappa shape index (κ1) is 10.7. The molecule has 0 bridgehead atoms. The van der Waals surface area contributed by atoms with Gasteiger partial charge in [-0.05, 0) is 29.9 Å². The van der Waals surface area contributed by atoms with Crippen LogP contribution < -0.4 is 10.6 Å². The lowest BCUT2D eigenvalue weighted by Crippen LogP contribution is -2.33. The molecule has 0 fully saturated rings. The van der Waals surface area contributed by atoms with Crippen LogP contribution in [0.3, 0.4) is 0 Å². The van der Waals surface area contributed by atoms with Crippen molar-refractivity contribution < 1.29 is 8.42 Å². The van der Waals surface area contributed by atoms with Crippen LogP contribution in [0.4, 0.5) is 5.69 Å². The standard InChI is InChI=1S/C8H7ClN2O2S2/c9-15(12,13)6-2-1-5-4-10-8(14)11-7(5)3-6/h1-3H,4H2,(H2,10,11,14). The first-order valence-corrected chi connectivity index (χ1v) is 6.81. The summed E-state index contributed by atoms with van der Waals surface area (Å²) in [5, 5.41) is 6.28. The van der Waals surface area contributed by atoms with E-state index >= 15 is 0 Å². The van der Waals surface area contributed by atoms with Gasteiger partial charge in [-0.2, -0.15) is 0 Å². The first-order valence-electron chi connectivity index (χ1n) is 4.09. The molecule has 4 nitrogen and oxygen atoms in total. The molecular weight excluding hydrogens is 256 g/mol. The Kier molecular flexibility index (Phi) is 2.57. The molecule has 0 saturated heterocycles. The number of thiocarbonyl (C=S) groups is 1. The fourth-order valence-corrected chi connectivity index (χ4v) is 2.28. The number of hydrogen-bond donors (Lipinski definition) is 2. The zero-order chi connectivity index (χ0) is 11.1. The maximum atomic E-state index is 11.1. The van der Waals surface area contributed by atoms with Gasteiger partial charge in [0.2, 0.25) is 0 Å². The van der Waals surface area contributed by atoms with Crippen molar-refractivity contribution in [3.63, 3.8) is 0 Å². The quantitative estimate of drug-likeness (QED) is 0.592. The third kappa shape index (κ3) is 2.22. The van der Waals surface area contributed by atoms with Crippen LogP contribution in [-0.4, -0.2) is 13.5 Å². The van der Waals surface area contributed by atoms with Crippen molar-refractivity contribution in [1.29, 1.82) is 0 Å². The number of fused-ring (bicyclic) bond motifs is 1. The summed E-state index contributed by atoms with van der Waals surface area (Å²) < 4.78 is 22.2. The lowest BCUT2D eigenvalue weighted by molar-refractivity contribution is 0.609. The lowest BCUT2D eigenvalue weighted by atomic mass is 10.1. The van der Waals surface area contributed by atoms with E-state index in [4.69, 9.17) is 22.9 Å². The predicted octanol–water partition coefficient (Wildman–Crippen LogP) is 1.41. The Balaban J connectivity index is 2.50. The summed E-state index contributed by atoms with van der Waals surface area (Å²) in [6, 6.07) is 4.65. The van der Waals surface area contributed by atoms with Crippen LogP contribution in [0.1, 0.15) is 5.56 Å². The minimum atomic E-state index is -3.69. The largest absolute Gasteiger partial charge is 0.358 e. The summed E-state index contributed by atoms with van der Waals surface area (Å²) in [6.07, 6.45) is 0. The Morgan fingerprint density at radius 2 is 2.13 bits per heavy atom. The van der Waals surface area contributed by atoms with E-state index in [1.807, 2.05) is 0 Å². The smallest absolute Gasteiger partial charge is 0.261 e. The van der Waals surface area contributed by atoms with Crippen LogP contribution in [-0.2, 0) is 15.6 Å². The van der Waals surface area contributed by atoms with Crippen LogP contribution >= 0.6 is 22.9 Å². The second-order valence-corrected chi connectivity index (χ2v) is 6.04. The average molecular weight is 263 g/mol. The van der Waals surface area contributed by atoms with Crippen LogP contribution in [0.2, 0.25) is 0 Å². The maximum absolute atomic E-state index is 11.1. The predicted molar refractivity (Wildman–Crippen MR) is 62.5 cm³/mol. The Morgan fingerprint density at radius 3 is 2.80 bits per heavy atom. The highest BCUT2D eigenvalue weighted by Gasteiger charge is 2.16. The molecule has 1 aliphatic heterocycles. The van der Waals surface area contributed by atoms with Crippen LogP contribution in [0.25, 0.3) is 0 Å². The topological polar surface area (TPSA) is 58.2 Å². The van der Waals surface area contributed by atoms with E-state index < -0.39 is 9.05 Å². The summed E-state index contributed by atoms with van der Waals surface area (Å²) in [4.78, 5) is 0.0696. The monoisotopic (exact) mass is 262 g/mol. The van der Waals surface area contributed by atoms with E-state index in [9.17, 15) is 8.42 Å². The van der Waals surface area contributed by atoms with Crippen LogP contribution in [0.15, 0.2) is 23.1 Å². The molecule has 7 heteroatoms. The van der Waals surface area contributed by atoms with Crippen molar-refractivity contribution in [2.75, 3.05) is 5.32 Å². The van der Waals surface area contributed by atoms with E-state index in [1.165, 1.54) is 12.1 Å². The van der Waals surface area contributed by atoms with Gasteiger partial charge in [0.25, 0.3) is 9.05 Å². The zero-order valence-corrected chi connectivity index (χ0v) is 9.84. The Morgan fingerprint density at radius 1 is 1.40 bits per heavy atom. The number of halogens is 1. The van der Waals surface area contributed by atoms with Gasteiger partial charge in [-0.25, -0.2) is 8.42 Å². The highest BCUT2D eigenvalue weighted by molar-refractivity contribution is 8.13. The number of rotatable bonds is 1. The molecule has 0 aliphatic carbocycles. The number of anilines is 1. The summed E-state index contributed by atoms with van der Waals surface area (Å²) in [6.45, 7) is 0.587. The minimum absolute atomic E-state index is 0.0696. The van der Waals surface area contributed by atoms with Crippen LogP contribution in [0, 0.1) is 0 Å². The van der Waals surface area contributed by atoms with Gasteiger partial charge in [-0.3, -0.25) is 0 Å². The molecular formula is C8H7ClN2O2S2. The molecule has 0 spiro atoms. The molecule has 0 radical (unpaired) electrons. The van der Waals surface area contributed by atoms with E-state index in [0.717, 1.165) is 5.56 Å². The van der Waals surface area contributed by atoms with Gasteiger partial charge >= 0.3 is 0 Å². The molecule has 0 atom stereocenters. The Bertz CT molecular complexity index is 527. The third-order valence-corrected chi connectivity index (χ3v) is 3.65. The molecule has 0 aromatic heterocycles. The summed E-state index contributed by atoms with van der Waals surface area (Å²) in [7, 11) is 1.55. The molecule has 0 amide bonds. The molecule has 2 N–H and O–H groups in total. The molecule has 0 unspecified atom stereocenters. The van der Waals surface area contributed by atoms with Gasteiger partial charge in [0.15, 0.2) is 5.11 Å². The summed E-state index contributed by atoms with van der Waals surface area (Å²) >= 11 is 4.91. The van der Waals surface area contributed by atoms with Gasteiger partial charge in [0.05, 0.1) is 4.90 Å². The average Bonchev–Trinajstić information content (AvgIpc) is 2.15.